The maximum Gasteiger partial charge on any atom is 0.156 e. The zero-order valence-corrected chi connectivity index (χ0v) is 8.12. The van der Waals surface area contributed by atoms with Crippen LogP contribution in [0.2, 0.25) is 0 Å². The number of aromatic amines is 2. The van der Waals surface area contributed by atoms with E-state index in [1.807, 2.05) is 0 Å². The minimum absolute atomic E-state index is 0.432. The summed E-state index contributed by atoms with van der Waals surface area (Å²) in [4.78, 5) is 7.40. The molecule has 0 aliphatic carbocycles. The van der Waals surface area contributed by atoms with Gasteiger partial charge >= 0.3 is 0 Å². The molecule has 0 unspecified atom stereocenters. The van der Waals surface area contributed by atoms with E-state index >= 15 is 0 Å². The Morgan fingerprint density at radius 1 is 1.33 bits per heavy atom. The van der Waals surface area contributed by atoms with Crippen molar-refractivity contribution in [3.05, 3.63) is 30.6 Å². The van der Waals surface area contributed by atoms with Crippen LogP contribution in [0, 0.1) is 0 Å². The molecule has 2 rings (SSSR count). The Balaban J connectivity index is 2.49. The number of nitrogens with zero attached hydrogens (tertiary/aromatic N) is 2. The van der Waals surface area contributed by atoms with Crippen LogP contribution in [0.4, 0.5) is 5.82 Å². The van der Waals surface area contributed by atoms with Crippen molar-refractivity contribution in [3.8, 4) is 11.5 Å². The highest BCUT2D eigenvalue weighted by molar-refractivity contribution is 5.64. The number of nitrogens with one attached hydrogen (secondary N) is 2. The maximum atomic E-state index is 5.50. The molecule has 0 radical (unpaired) electrons. The number of anilines is 1. The lowest BCUT2D eigenvalue weighted by Gasteiger charge is -1.87. The molecule has 5 heteroatoms. The van der Waals surface area contributed by atoms with Crippen molar-refractivity contribution >= 4 is 18.0 Å². The van der Waals surface area contributed by atoms with E-state index in [4.69, 9.17) is 5.73 Å². The van der Waals surface area contributed by atoms with Crippen LogP contribution in [-0.4, -0.2) is 20.2 Å². The lowest BCUT2D eigenvalue weighted by atomic mass is 10.3. The maximum absolute atomic E-state index is 5.50. The lowest BCUT2D eigenvalue weighted by molar-refractivity contribution is 1.08. The number of rotatable bonds is 3. The van der Waals surface area contributed by atoms with Gasteiger partial charge in [-0.3, -0.25) is 5.10 Å². The first-order valence-electron chi connectivity index (χ1n) is 4.40. The van der Waals surface area contributed by atoms with Gasteiger partial charge in [0.2, 0.25) is 0 Å². The Labute approximate surface area is 86.7 Å². The van der Waals surface area contributed by atoms with Gasteiger partial charge in [0, 0.05) is 6.07 Å². The van der Waals surface area contributed by atoms with Gasteiger partial charge in [0.15, 0.2) is 5.82 Å². The Bertz CT molecular complexity index is 480. The molecule has 0 atom stereocenters. The summed E-state index contributed by atoms with van der Waals surface area (Å²) < 4.78 is 0. The second-order valence-electron chi connectivity index (χ2n) is 3.00. The van der Waals surface area contributed by atoms with Crippen LogP contribution in [0.3, 0.4) is 0 Å². The van der Waals surface area contributed by atoms with E-state index in [9.17, 15) is 0 Å². The van der Waals surface area contributed by atoms with E-state index in [0.29, 0.717) is 11.6 Å². The van der Waals surface area contributed by atoms with Crippen molar-refractivity contribution in [2.45, 2.75) is 0 Å². The minimum atomic E-state index is 0.432. The average Bonchev–Trinajstić information content (AvgIpc) is 2.82. The second-order valence-corrected chi connectivity index (χ2v) is 3.00. The molecule has 2 heterocycles. The first kappa shape index (κ1) is 9.26. The average molecular weight is 201 g/mol. The molecule has 0 amide bonds. The number of nitrogen functional groups attached to an aromatic ring is 1. The van der Waals surface area contributed by atoms with Gasteiger partial charge in [-0.25, -0.2) is 4.98 Å². The third-order valence-corrected chi connectivity index (χ3v) is 2.01. The first-order chi connectivity index (χ1) is 7.24. The van der Waals surface area contributed by atoms with Gasteiger partial charge in [0.25, 0.3) is 0 Å². The Hall–Kier alpha value is -2.30. The summed E-state index contributed by atoms with van der Waals surface area (Å²) in [5, 5.41) is 6.60. The van der Waals surface area contributed by atoms with Gasteiger partial charge in [-0.1, -0.05) is 13.2 Å². The summed E-state index contributed by atoms with van der Waals surface area (Å²) in [7, 11) is 0. The van der Waals surface area contributed by atoms with Gasteiger partial charge < -0.3 is 10.7 Å². The monoisotopic (exact) mass is 201 g/mol. The van der Waals surface area contributed by atoms with Crippen molar-refractivity contribution in [2.75, 3.05) is 5.73 Å². The van der Waals surface area contributed by atoms with Gasteiger partial charge in [0.1, 0.15) is 11.5 Å². The molecule has 0 spiro atoms. The summed E-state index contributed by atoms with van der Waals surface area (Å²) >= 11 is 0. The molecule has 0 aliphatic rings. The highest BCUT2D eigenvalue weighted by Crippen LogP contribution is 2.18. The van der Waals surface area contributed by atoms with Crippen molar-refractivity contribution in [2.24, 2.45) is 0 Å². The smallest absolute Gasteiger partial charge is 0.156 e. The fourth-order valence-electron chi connectivity index (χ4n) is 1.30. The van der Waals surface area contributed by atoms with E-state index in [-0.39, 0.29) is 0 Å². The fourth-order valence-corrected chi connectivity index (χ4v) is 1.30. The zero-order valence-electron chi connectivity index (χ0n) is 8.12. The second kappa shape index (κ2) is 3.45. The minimum Gasteiger partial charge on any atom is -0.382 e. The molecule has 0 aliphatic heterocycles. The molecule has 76 valence electrons. The van der Waals surface area contributed by atoms with Crippen LogP contribution in [0.1, 0.15) is 11.4 Å². The van der Waals surface area contributed by atoms with Crippen molar-refractivity contribution in [1.82, 2.24) is 20.2 Å². The SMILES string of the molecule is C=Cc1nc(-c2cc(N)n[nH]2)[nH]c1C=C. The predicted octanol–water partition coefficient (Wildman–Crippen LogP) is 1.67. The molecular weight excluding hydrogens is 190 g/mol. The number of hydrogen-bond acceptors (Lipinski definition) is 3. The van der Waals surface area contributed by atoms with Crippen LogP contribution in [0.15, 0.2) is 19.2 Å². The molecule has 4 N–H and O–H groups in total. The molecule has 2 aromatic rings. The zero-order chi connectivity index (χ0) is 10.8. The molecule has 0 bridgehead atoms. The van der Waals surface area contributed by atoms with Gasteiger partial charge in [-0.2, -0.15) is 5.10 Å². The normalized spacial score (nSPS) is 10.1. The number of nitrogens with two attached hydrogens (primary N) is 1. The number of H-pyrrole nitrogens is 2. The van der Waals surface area contributed by atoms with Crippen molar-refractivity contribution in [3.63, 3.8) is 0 Å². The highest BCUT2D eigenvalue weighted by atomic mass is 15.2. The van der Waals surface area contributed by atoms with E-state index < -0.39 is 0 Å². The van der Waals surface area contributed by atoms with Gasteiger partial charge in [-0.15, -0.1) is 0 Å². The molecule has 0 saturated carbocycles. The van der Waals surface area contributed by atoms with Crippen LogP contribution >= 0.6 is 0 Å². The summed E-state index contributed by atoms with van der Waals surface area (Å²) in [6.07, 6.45) is 3.35. The van der Waals surface area contributed by atoms with E-state index in [0.717, 1.165) is 17.1 Å². The number of imidazole rings is 1. The molecule has 5 nitrogen and oxygen atoms in total. The van der Waals surface area contributed by atoms with E-state index in [1.165, 1.54) is 0 Å². The number of hydrogen-bond donors (Lipinski definition) is 3. The summed E-state index contributed by atoms with van der Waals surface area (Å²) in [5.74, 6) is 1.10. The lowest BCUT2D eigenvalue weighted by Crippen LogP contribution is -1.81. The first-order valence-corrected chi connectivity index (χ1v) is 4.40. The fraction of sp³-hybridized carbons (Fsp3) is 0. The van der Waals surface area contributed by atoms with Crippen molar-refractivity contribution < 1.29 is 0 Å². The standard InChI is InChI=1S/C10H11N5/c1-3-6-7(4-2)13-10(12-6)8-5-9(11)15-14-8/h3-5H,1-2H2,(H,12,13)(H3,11,14,15). The summed E-state index contributed by atoms with van der Waals surface area (Å²) in [6.45, 7) is 7.35. The molecule has 0 saturated heterocycles. The molecule has 15 heavy (non-hydrogen) atoms. The van der Waals surface area contributed by atoms with Crippen LogP contribution < -0.4 is 5.73 Å². The molecule has 0 aromatic carbocycles. The van der Waals surface area contributed by atoms with Crippen LogP contribution in [0.5, 0.6) is 0 Å². The predicted molar refractivity (Wildman–Crippen MR) is 60.8 cm³/mol. The topological polar surface area (TPSA) is 83.4 Å². The van der Waals surface area contributed by atoms with E-state index in [2.05, 4.69) is 33.3 Å². The van der Waals surface area contributed by atoms with Gasteiger partial charge in [-0.05, 0) is 12.2 Å². The van der Waals surface area contributed by atoms with Crippen LogP contribution in [-0.2, 0) is 0 Å². The Kier molecular flexibility index (Phi) is 2.13. The Morgan fingerprint density at radius 3 is 2.60 bits per heavy atom. The third-order valence-electron chi connectivity index (χ3n) is 2.01. The van der Waals surface area contributed by atoms with Crippen LogP contribution in [0.25, 0.3) is 23.7 Å². The summed E-state index contributed by atoms with van der Waals surface area (Å²) in [6, 6.07) is 1.71. The molecule has 2 aromatic heterocycles. The highest BCUT2D eigenvalue weighted by Gasteiger charge is 2.08. The van der Waals surface area contributed by atoms with Gasteiger partial charge in [0.05, 0.1) is 11.4 Å². The third kappa shape index (κ3) is 1.54. The van der Waals surface area contributed by atoms with Crippen molar-refractivity contribution in [1.29, 1.82) is 0 Å². The molecular formula is C10H11N5. The summed E-state index contributed by atoms with van der Waals surface area (Å²) in [5.41, 5.74) is 7.83. The van der Waals surface area contributed by atoms with E-state index in [1.54, 1.807) is 18.2 Å². The largest absolute Gasteiger partial charge is 0.382 e. The Morgan fingerprint density at radius 2 is 2.13 bits per heavy atom. The quantitative estimate of drug-likeness (QED) is 0.706. The molecule has 0 fully saturated rings. The number of aromatic nitrogens is 4.